The van der Waals surface area contributed by atoms with Gasteiger partial charge in [-0.1, -0.05) is 24.6 Å². The van der Waals surface area contributed by atoms with Crippen molar-refractivity contribution in [1.82, 2.24) is 23.6 Å². The van der Waals surface area contributed by atoms with Crippen LogP contribution in [0.2, 0.25) is 0 Å². The highest BCUT2D eigenvalue weighted by atomic mass is 19.1. The molecule has 3 aromatic rings. The zero-order valence-electron chi connectivity index (χ0n) is 17.1. The van der Waals surface area contributed by atoms with E-state index in [9.17, 15) is 14.0 Å². The van der Waals surface area contributed by atoms with Gasteiger partial charge >= 0.3 is 5.69 Å². The zero-order chi connectivity index (χ0) is 20.7. The quantitative estimate of drug-likeness (QED) is 0.673. The van der Waals surface area contributed by atoms with Crippen LogP contribution in [-0.4, -0.2) is 36.2 Å². The van der Waals surface area contributed by atoms with E-state index in [1.807, 2.05) is 0 Å². The van der Waals surface area contributed by atoms with Gasteiger partial charge in [-0.2, -0.15) is 0 Å². The molecule has 0 spiro atoms. The Morgan fingerprint density at radius 3 is 2.59 bits per heavy atom. The molecule has 0 amide bonds. The van der Waals surface area contributed by atoms with Gasteiger partial charge in [-0.15, -0.1) is 0 Å². The topological polar surface area (TPSA) is 65.1 Å². The van der Waals surface area contributed by atoms with Crippen molar-refractivity contribution in [2.24, 2.45) is 14.1 Å². The predicted octanol–water partition coefficient (Wildman–Crippen LogP) is 2.00. The number of fused-ring (bicyclic) bond motifs is 1. The standard InChI is InChI=1S/C21H26FN5O2/c1-14-8-6-7-11-26(14)13-17-23-19-18(20(28)25(3)21(29)24(19)2)27(17)12-15-9-4-5-10-16(15)22/h4-5,9-10,14H,6-8,11-13H2,1-3H3/t14-/m0/s1. The summed E-state index contributed by atoms with van der Waals surface area (Å²) in [5, 5.41) is 0. The van der Waals surface area contributed by atoms with Gasteiger partial charge in [-0.3, -0.25) is 18.8 Å². The smallest absolute Gasteiger partial charge is 0.316 e. The highest BCUT2D eigenvalue weighted by Gasteiger charge is 2.24. The van der Waals surface area contributed by atoms with Gasteiger partial charge in [0.25, 0.3) is 5.56 Å². The number of piperidine rings is 1. The maximum Gasteiger partial charge on any atom is 0.332 e. The van der Waals surface area contributed by atoms with Crippen LogP contribution in [0, 0.1) is 5.82 Å². The molecule has 2 aromatic heterocycles. The highest BCUT2D eigenvalue weighted by molar-refractivity contribution is 5.71. The predicted molar refractivity (Wildman–Crippen MR) is 109 cm³/mol. The van der Waals surface area contributed by atoms with Crippen LogP contribution in [0.3, 0.4) is 0 Å². The molecule has 154 valence electrons. The number of rotatable bonds is 4. The number of aromatic nitrogens is 4. The number of nitrogens with zero attached hydrogens (tertiary/aromatic N) is 5. The summed E-state index contributed by atoms with van der Waals surface area (Å²) < 4.78 is 18.6. The van der Waals surface area contributed by atoms with E-state index in [1.165, 1.54) is 24.1 Å². The molecule has 0 bridgehead atoms. The molecule has 1 saturated heterocycles. The van der Waals surface area contributed by atoms with Crippen LogP contribution in [-0.2, 0) is 27.2 Å². The third-order valence-corrected chi connectivity index (χ3v) is 6.00. The number of hydrogen-bond donors (Lipinski definition) is 0. The molecule has 8 heteroatoms. The van der Waals surface area contributed by atoms with E-state index < -0.39 is 11.2 Å². The summed E-state index contributed by atoms with van der Waals surface area (Å²) in [5.74, 6) is 0.351. The lowest BCUT2D eigenvalue weighted by atomic mass is 10.0. The Bertz CT molecular complexity index is 1180. The van der Waals surface area contributed by atoms with Crippen LogP contribution in [0.15, 0.2) is 33.9 Å². The summed E-state index contributed by atoms with van der Waals surface area (Å²) in [6.07, 6.45) is 3.45. The lowest BCUT2D eigenvalue weighted by molar-refractivity contribution is 0.147. The van der Waals surface area contributed by atoms with E-state index >= 15 is 0 Å². The molecule has 0 aliphatic carbocycles. The third kappa shape index (κ3) is 3.42. The minimum absolute atomic E-state index is 0.189. The minimum atomic E-state index is -0.420. The molecule has 1 fully saturated rings. The Morgan fingerprint density at radius 2 is 1.86 bits per heavy atom. The van der Waals surface area contributed by atoms with Crippen LogP contribution in [0.4, 0.5) is 4.39 Å². The number of halogens is 1. The first-order valence-corrected chi connectivity index (χ1v) is 10.0. The highest BCUT2D eigenvalue weighted by Crippen LogP contribution is 2.22. The molecule has 0 unspecified atom stereocenters. The van der Waals surface area contributed by atoms with Gasteiger partial charge < -0.3 is 4.57 Å². The van der Waals surface area contributed by atoms with Crippen molar-refractivity contribution in [3.05, 3.63) is 62.3 Å². The summed E-state index contributed by atoms with van der Waals surface area (Å²) >= 11 is 0. The van der Waals surface area contributed by atoms with Gasteiger partial charge in [0, 0.05) is 25.7 Å². The summed E-state index contributed by atoms with van der Waals surface area (Å²) in [6, 6.07) is 6.95. The van der Waals surface area contributed by atoms with Crippen LogP contribution < -0.4 is 11.2 Å². The van der Waals surface area contributed by atoms with E-state index in [0.29, 0.717) is 35.1 Å². The van der Waals surface area contributed by atoms with Gasteiger partial charge in [-0.05, 0) is 32.4 Å². The number of imidazole rings is 1. The fourth-order valence-electron chi connectivity index (χ4n) is 4.15. The molecule has 7 nitrogen and oxygen atoms in total. The molecule has 1 aromatic carbocycles. The summed E-state index contributed by atoms with van der Waals surface area (Å²) in [5.41, 5.74) is 0.322. The number of likely N-dealkylation sites (tertiary alicyclic amines) is 1. The van der Waals surface area contributed by atoms with Crippen molar-refractivity contribution >= 4 is 11.2 Å². The van der Waals surface area contributed by atoms with E-state index in [0.717, 1.165) is 24.0 Å². The molecule has 4 rings (SSSR count). The Balaban J connectivity index is 1.90. The first-order valence-electron chi connectivity index (χ1n) is 10.0. The average Bonchev–Trinajstić information content (AvgIpc) is 3.06. The van der Waals surface area contributed by atoms with Crippen molar-refractivity contribution in [3.63, 3.8) is 0 Å². The Morgan fingerprint density at radius 1 is 1.10 bits per heavy atom. The second-order valence-electron chi connectivity index (χ2n) is 7.90. The lowest BCUT2D eigenvalue weighted by Crippen LogP contribution is -2.38. The molecule has 0 saturated carbocycles. The normalized spacial score (nSPS) is 17.9. The van der Waals surface area contributed by atoms with Crippen LogP contribution >= 0.6 is 0 Å². The molecule has 1 aliphatic heterocycles. The van der Waals surface area contributed by atoms with Crippen LogP contribution in [0.1, 0.15) is 37.6 Å². The lowest BCUT2D eigenvalue weighted by Gasteiger charge is -2.33. The molecule has 0 N–H and O–H groups in total. The van der Waals surface area contributed by atoms with Gasteiger partial charge in [0.15, 0.2) is 11.2 Å². The average molecular weight is 399 g/mol. The summed E-state index contributed by atoms with van der Waals surface area (Å²) in [4.78, 5) is 32.3. The number of benzene rings is 1. The van der Waals surface area contributed by atoms with Gasteiger partial charge in [0.05, 0.1) is 13.1 Å². The van der Waals surface area contributed by atoms with Crippen molar-refractivity contribution in [3.8, 4) is 0 Å². The molecule has 29 heavy (non-hydrogen) atoms. The van der Waals surface area contributed by atoms with Crippen LogP contribution in [0.25, 0.3) is 11.2 Å². The second kappa shape index (κ2) is 7.59. The first-order chi connectivity index (χ1) is 13.9. The maximum absolute atomic E-state index is 14.4. The maximum atomic E-state index is 14.4. The Kier molecular flexibility index (Phi) is 5.12. The fourth-order valence-corrected chi connectivity index (χ4v) is 4.15. The van der Waals surface area contributed by atoms with E-state index in [2.05, 4.69) is 16.8 Å². The van der Waals surface area contributed by atoms with E-state index in [-0.39, 0.29) is 12.4 Å². The number of hydrogen-bond acceptors (Lipinski definition) is 4. The molecule has 1 atom stereocenters. The number of aryl methyl sites for hydroxylation is 1. The molecule has 0 radical (unpaired) electrons. The summed E-state index contributed by atoms with van der Waals surface area (Å²) in [6.45, 7) is 3.90. The van der Waals surface area contributed by atoms with Gasteiger partial charge in [0.2, 0.25) is 0 Å². The van der Waals surface area contributed by atoms with E-state index in [1.54, 1.807) is 29.8 Å². The van der Waals surface area contributed by atoms with Gasteiger partial charge in [-0.25, -0.2) is 14.2 Å². The Labute approximate surface area is 168 Å². The SMILES string of the molecule is C[C@H]1CCCCN1Cc1nc2c(c(=O)n(C)c(=O)n2C)n1Cc1ccccc1F. The minimum Gasteiger partial charge on any atom is -0.316 e. The molecule has 3 heterocycles. The molecular formula is C21H26FN5O2. The van der Waals surface area contributed by atoms with Crippen molar-refractivity contribution in [1.29, 1.82) is 0 Å². The zero-order valence-corrected chi connectivity index (χ0v) is 17.1. The largest absolute Gasteiger partial charge is 0.332 e. The second-order valence-corrected chi connectivity index (χ2v) is 7.90. The first kappa shape index (κ1) is 19.6. The van der Waals surface area contributed by atoms with Crippen molar-refractivity contribution < 1.29 is 4.39 Å². The molecular weight excluding hydrogens is 373 g/mol. The van der Waals surface area contributed by atoms with E-state index in [4.69, 9.17) is 0 Å². The van der Waals surface area contributed by atoms with Crippen molar-refractivity contribution in [2.75, 3.05) is 6.54 Å². The third-order valence-electron chi connectivity index (χ3n) is 6.00. The monoisotopic (exact) mass is 399 g/mol. The Hall–Kier alpha value is -2.74. The van der Waals surface area contributed by atoms with Crippen LogP contribution in [0.5, 0.6) is 0 Å². The fraction of sp³-hybridized carbons (Fsp3) is 0.476. The van der Waals surface area contributed by atoms with Crippen molar-refractivity contribution in [2.45, 2.75) is 45.3 Å². The molecule has 1 aliphatic rings. The summed E-state index contributed by atoms with van der Waals surface area (Å²) in [7, 11) is 3.06. The van der Waals surface area contributed by atoms with Gasteiger partial charge in [0.1, 0.15) is 11.6 Å².